The fraction of sp³-hybridized carbons (Fsp3) is 0.667. The van der Waals surface area contributed by atoms with Crippen molar-refractivity contribution in [1.29, 1.82) is 0 Å². The third kappa shape index (κ3) is 11.2. The molecule has 0 aliphatic carbocycles. The molecule has 142 valence electrons. The van der Waals surface area contributed by atoms with E-state index in [9.17, 15) is 9.59 Å². The lowest BCUT2D eigenvalue weighted by Crippen LogP contribution is -2.34. The Balaban J connectivity index is 0.000000477. The number of hydrazine groups is 1. The van der Waals surface area contributed by atoms with Gasteiger partial charge < -0.3 is 10.1 Å². The number of nitrogens with zero attached hydrogens (tertiary/aromatic N) is 2. The van der Waals surface area contributed by atoms with Gasteiger partial charge >= 0.3 is 0 Å². The summed E-state index contributed by atoms with van der Waals surface area (Å²) in [7, 11) is 3.32. The summed E-state index contributed by atoms with van der Waals surface area (Å²) in [5.74, 6) is 0.873. The third-order valence-corrected chi connectivity index (χ3v) is 3.55. The van der Waals surface area contributed by atoms with Crippen molar-refractivity contribution in [3.05, 3.63) is 17.6 Å². The van der Waals surface area contributed by atoms with E-state index in [0.717, 1.165) is 19.1 Å². The second-order valence-corrected chi connectivity index (χ2v) is 5.71. The molecule has 7 nitrogen and oxygen atoms in total. The van der Waals surface area contributed by atoms with Gasteiger partial charge in [0.25, 0.3) is 5.91 Å². The first-order valence-corrected chi connectivity index (χ1v) is 9.02. The number of anilines is 1. The van der Waals surface area contributed by atoms with Gasteiger partial charge in [-0.1, -0.05) is 45.4 Å². The molecule has 1 aromatic heterocycles. The molecule has 7 heteroatoms. The number of amides is 1. The van der Waals surface area contributed by atoms with Crippen molar-refractivity contribution in [2.24, 2.45) is 0 Å². The Bertz CT molecular complexity index is 494. The lowest BCUT2D eigenvalue weighted by Gasteiger charge is -2.07. The molecule has 0 aliphatic heterocycles. The molecule has 0 saturated carbocycles. The summed E-state index contributed by atoms with van der Waals surface area (Å²) < 4.78 is 0. The van der Waals surface area contributed by atoms with Crippen LogP contribution in [-0.4, -0.2) is 36.3 Å². The molecular formula is C18H33N5O2. The second kappa shape index (κ2) is 15.5. The van der Waals surface area contributed by atoms with E-state index in [1.54, 1.807) is 21.0 Å². The number of nitrogens with one attached hydrogen (secondary N) is 3. The minimum atomic E-state index is -0.267. The predicted molar refractivity (Wildman–Crippen MR) is 102 cm³/mol. The average molecular weight is 351 g/mol. The van der Waals surface area contributed by atoms with E-state index in [4.69, 9.17) is 0 Å². The van der Waals surface area contributed by atoms with Gasteiger partial charge in [-0.25, -0.2) is 15.4 Å². The van der Waals surface area contributed by atoms with E-state index in [1.165, 1.54) is 44.7 Å². The Kier molecular flexibility index (Phi) is 14.3. The number of aryl methyl sites for hydroxylation is 1. The maximum Gasteiger partial charge on any atom is 0.270 e. The van der Waals surface area contributed by atoms with E-state index in [1.807, 2.05) is 0 Å². The zero-order valence-electron chi connectivity index (χ0n) is 16.0. The van der Waals surface area contributed by atoms with Gasteiger partial charge in [-0.15, -0.1) is 0 Å². The third-order valence-electron chi connectivity index (χ3n) is 3.55. The molecule has 0 spiro atoms. The zero-order chi connectivity index (χ0) is 18.9. The molecule has 1 amide bonds. The van der Waals surface area contributed by atoms with Crippen LogP contribution >= 0.6 is 0 Å². The van der Waals surface area contributed by atoms with Gasteiger partial charge in [0, 0.05) is 26.7 Å². The fourth-order valence-corrected chi connectivity index (χ4v) is 2.19. The molecule has 0 unspecified atom stereocenters. The van der Waals surface area contributed by atoms with Crippen molar-refractivity contribution in [3.63, 3.8) is 0 Å². The van der Waals surface area contributed by atoms with Crippen LogP contribution in [0.25, 0.3) is 0 Å². The minimum Gasteiger partial charge on any atom is -0.372 e. The summed E-state index contributed by atoms with van der Waals surface area (Å²) in [5.41, 5.74) is 5.41. The van der Waals surface area contributed by atoms with Gasteiger partial charge in [0.1, 0.15) is 23.5 Å². The van der Waals surface area contributed by atoms with Gasteiger partial charge in [-0.05, 0) is 13.3 Å². The summed E-state index contributed by atoms with van der Waals surface area (Å²) >= 11 is 0. The van der Waals surface area contributed by atoms with Crippen LogP contribution in [0.4, 0.5) is 5.82 Å². The molecule has 0 bridgehead atoms. The van der Waals surface area contributed by atoms with Crippen molar-refractivity contribution in [2.75, 3.05) is 19.4 Å². The number of rotatable bonds is 11. The Morgan fingerprint density at radius 2 is 1.76 bits per heavy atom. The van der Waals surface area contributed by atoms with Crippen LogP contribution in [0, 0.1) is 6.92 Å². The van der Waals surface area contributed by atoms with E-state index in [0.29, 0.717) is 17.2 Å². The Morgan fingerprint density at radius 1 is 1.12 bits per heavy atom. The summed E-state index contributed by atoms with van der Waals surface area (Å²) in [4.78, 5) is 29.4. The van der Waals surface area contributed by atoms with Crippen molar-refractivity contribution >= 4 is 18.0 Å². The smallest absolute Gasteiger partial charge is 0.270 e. The zero-order valence-corrected chi connectivity index (χ0v) is 16.0. The molecule has 0 aromatic carbocycles. The molecule has 0 saturated heterocycles. The highest BCUT2D eigenvalue weighted by molar-refractivity contribution is 5.98. The Labute approximate surface area is 151 Å². The molecule has 0 aliphatic rings. The minimum absolute atomic E-state index is 0.267. The average Bonchev–Trinajstić information content (AvgIpc) is 2.61. The van der Waals surface area contributed by atoms with Gasteiger partial charge in [0.15, 0.2) is 0 Å². The highest BCUT2D eigenvalue weighted by Gasteiger charge is 2.11. The lowest BCUT2D eigenvalue weighted by molar-refractivity contribution is -0.107. The molecule has 3 N–H and O–H groups in total. The molecular weight excluding hydrogens is 318 g/mol. The molecule has 25 heavy (non-hydrogen) atoms. The van der Waals surface area contributed by atoms with Gasteiger partial charge in [0.2, 0.25) is 0 Å². The largest absolute Gasteiger partial charge is 0.372 e. The number of hydrogen-bond donors (Lipinski definition) is 3. The van der Waals surface area contributed by atoms with Crippen molar-refractivity contribution in [3.8, 4) is 0 Å². The van der Waals surface area contributed by atoms with Gasteiger partial charge in [0.05, 0.1) is 0 Å². The number of carbonyl (C=O) groups is 2. The van der Waals surface area contributed by atoms with E-state index >= 15 is 0 Å². The first-order valence-electron chi connectivity index (χ1n) is 9.02. The number of hydrogen-bond acceptors (Lipinski definition) is 6. The first kappa shape index (κ1) is 23.0. The van der Waals surface area contributed by atoms with Crippen LogP contribution in [0.1, 0.15) is 74.5 Å². The monoisotopic (exact) mass is 351 g/mol. The van der Waals surface area contributed by atoms with Crippen LogP contribution in [0.15, 0.2) is 6.20 Å². The van der Waals surface area contributed by atoms with Crippen LogP contribution in [-0.2, 0) is 4.79 Å². The van der Waals surface area contributed by atoms with Crippen LogP contribution in [0.5, 0.6) is 0 Å². The van der Waals surface area contributed by atoms with Crippen molar-refractivity contribution < 1.29 is 9.59 Å². The molecule has 1 heterocycles. The van der Waals surface area contributed by atoms with Gasteiger partial charge in [-0.2, -0.15) is 0 Å². The summed E-state index contributed by atoms with van der Waals surface area (Å²) in [6.45, 7) is 3.99. The maximum atomic E-state index is 11.4. The second-order valence-electron chi connectivity index (χ2n) is 5.71. The first-order chi connectivity index (χ1) is 12.1. The van der Waals surface area contributed by atoms with E-state index in [2.05, 4.69) is 33.1 Å². The number of aldehydes is 1. The van der Waals surface area contributed by atoms with Crippen molar-refractivity contribution in [2.45, 2.75) is 65.2 Å². The van der Waals surface area contributed by atoms with Crippen LogP contribution in [0.2, 0.25) is 0 Å². The predicted octanol–water partition coefficient (Wildman–Crippen LogP) is 3.02. The van der Waals surface area contributed by atoms with E-state index < -0.39 is 0 Å². The number of aromatic nitrogens is 2. The fourth-order valence-electron chi connectivity index (χ4n) is 2.19. The number of carbonyl (C=O) groups excluding carboxylic acids is 2. The molecule has 0 atom stereocenters. The molecule has 1 aromatic rings. The van der Waals surface area contributed by atoms with Gasteiger partial charge in [-0.3, -0.25) is 10.2 Å². The standard InChI is InChI=1S/C10H20O.C8H13N5O/c1-2-3-4-5-6-7-8-9-10-11;1-5-11-4-6(7(9-2)12-5)8(14)13-10-3/h10H,2-9H2,1H3;4,10H,1-3H3,(H,13,14)(H,9,11,12). The Morgan fingerprint density at radius 3 is 2.32 bits per heavy atom. The normalized spacial score (nSPS) is 9.76. The maximum absolute atomic E-state index is 11.4. The highest BCUT2D eigenvalue weighted by Crippen LogP contribution is 2.10. The summed E-state index contributed by atoms with van der Waals surface area (Å²) in [6, 6.07) is 0. The molecule has 0 radical (unpaired) electrons. The number of unbranched alkanes of at least 4 members (excludes halogenated alkanes) is 7. The van der Waals surface area contributed by atoms with Crippen LogP contribution < -0.4 is 16.2 Å². The molecule has 1 rings (SSSR count). The summed E-state index contributed by atoms with van der Waals surface area (Å²) in [6.07, 6.45) is 12.3. The summed E-state index contributed by atoms with van der Waals surface area (Å²) in [5, 5.41) is 2.84. The van der Waals surface area contributed by atoms with E-state index in [-0.39, 0.29) is 5.91 Å². The topological polar surface area (TPSA) is 96.0 Å². The quantitative estimate of drug-likeness (QED) is 0.322. The van der Waals surface area contributed by atoms with Crippen molar-refractivity contribution in [1.82, 2.24) is 20.8 Å². The van der Waals surface area contributed by atoms with Crippen LogP contribution in [0.3, 0.4) is 0 Å². The molecule has 0 fully saturated rings. The lowest BCUT2D eigenvalue weighted by atomic mass is 10.1. The SMILES string of the molecule is CCCCCCCCCC=O.CNNC(=O)c1cnc(C)nc1NC. The Hall–Kier alpha value is -2.02. The highest BCUT2D eigenvalue weighted by atomic mass is 16.2.